The highest BCUT2D eigenvalue weighted by molar-refractivity contribution is 5.78. The summed E-state index contributed by atoms with van der Waals surface area (Å²) in [5.74, 6) is 2.26. The summed E-state index contributed by atoms with van der Waals surface area (Å²) in [5.41, 5.74) is 2.20. The van der Waals surface area contributed by atoms with Crippen LogP contribution in [-0.2, 0) is 9.53 Å². The number of allylic oxidation sites excluding steroid dienone is 2. The maximum atomic E-state index is 13.2. The van der Waals surface area contributed by atoms with Gasteiger partial charge in [0.05, 0.1) is 18.6 Å². The average molecular weight is 457 g/mol. The van der Waals surface area contributed by atoms with Crippen molar-refractivity contribution >= 4 is 5.97 Å². The molecule has 3 heteroatoms. The van der Waals surface area contributed by atoms with Crippen molar-refractivity contribution in [3.05, 3.63) is 11.6 Å². The highest BCUT2D eigenvalue weighted by Crippen LogP contribution is 2.72. The predicted octanol–water partition coefficient (Wildman–Crippen LogP) is 6.93. The molecule has 0 heterocycles. The number of hydrogen-bond acceptors (Lipinski definition) is 3. The lowest BCUT2D eigenvalue weighted by atomic mass is 9.37. The van der Waals surface area contributed by atoms with Crippen molar-refractivity contribution in [3.8, 4) is 0 Å². The summed E-state index contributed by atoms with van der Waals surface area (Å²) in [6.07, 6.45) is 13.5. The molecule has 5 rings (SSSR count). The van der Waals surface area contributed by atoms with E-state index < -0.39 is 0 Å². The van der Waals surface area contributed by atoms with Gasteiger partial charge in [0, 0.05) is 0 Å². The van der Waals surface area contributed by atoms with E-state index in [1.807, 2.05) is 0 Å². The van der Waals surface area contributed by atoms with Crippen molar-refractivity contribution in [2.45, 2.75) is 112 Å². The number of fused-ring (bicyclic) bond motifs is 7. The Morgan fingerprint density at radius 1 is 0.879 bits per heavy atom. The lowest BCUT2D eigenvalue weighted by Crippen LogP contribution is -2.62. The minimum absolute atomic E-state index is 0.00167. The Morgan fingerprint density at radius 2 is 1.58 bits per heavy atom. The number of esters is 1. The fourth-order valence-corrected chi connectivity index (χ4v) is 10.5. The zero-order valence-electron chi connectivity index (χ0n) is 22.3. The van der Waals surface area contributed by atoms with E-state index >= 15 is 0 Å². The molecule has 0 aromatic carbocycles. The summed E-state index contributed by atoms with van der Waals surface area (Å²) in [6.45, 7) is 14.6. The summed E-state index contributed by atoms with van der Waals surface area (Å²) in [5, 5.41) is 10.9. The first kappa shape index (κ1) is 23.9. The highest BCUT2D eigenvalue weighted by atomic mass is 16.5. The van der Waals surface area contributed by atoms with Crippen LogP contribution in [0, 0.1) is 50.7 Å². The standard InChI is InChI=1S/C30H48O3/c1-26(2)16-17-30(25(32)33-7)15-10-20-19(21(30)18-26)8-9-23-28(20,5)13-11-22-27(3,4)24(31)12-14-29(22,23)6/h8,20-24,31H,9-18H2,1-7H3/t20?,21-,22?,23-,24-,28-,29-,30+/m0/s1. The number of methoxy groups -OCH3 is 1. The van der Waals surface area contributed by atoms with E-state index in [1.165, 1.54) is 12.8 Å². The van der Waals surface area contributed by atoms with Crippen LogP contribution >= 0.6 is 0 Å². The Morgan fingerprint density at radius 3 is 2.27 bits per heavy atom. The number of aliphatic hydroxyl groups excluding tert-OH is 1. The molecule has 0 aromatic rings. The number of rotatable bonds is 1. The molecule has 0 saturated heterocycles. The number of carbonyl (C=O) groups excluding carboxylic acids is 1. The van der Waals surface area contributed by atoms with Crippen LogP contribution < -0.4 is 0 Å². The van der Waals surface area contributed by atoms with Crippen LogP contribution in [0.25, 0.3) is 0 Å². The quantitative estimate of drug-likeness (QED) is 0.344. The molecule has 33 heavy (non-hydrogen) atoms. The normalized spacial score (nSPS) is 50.1. The molecule has 5 aliphatic rings. The smallest absolute Gasteiger partial charge is 0.312 e. The van der Waals surface area contributed by atoms with Crippen molar-refractivity contribution in [1.82, 2.24) is 0 Å². The number of carbonyl (C=O) groups is 1. The van der Waals surface area contributed by atoms with Gasteiger partial charge in [-0.05, 0) is 110 Å². The van der Waals surface area contributed by atoms with Crippen LogP contribution in [0.3, 0.4) is 0 Å². The van der Waals surface area contributed by atoms with Gasteiger partial charge >= 0.3 is 5.97 Å². The Hall–Kier alpha value is -0.830. The van der Waals surface area contributed by atoms with Gasteiger partial charge in [0.1, 0.15) is 0 Å². The van der Waals surface area contributed by atoms with Crippen molar-refractivity contribution in [3.63, 3.8) is 0 Å². The third-order valence-electron chi connectivity index (χ3n) is 12.4. The third kappa shape index (κ3) is 3.12. The fraction of sp³-hybridized carbons (Fsp3) is 0.900. The lowest BCUT2D eigenvalue weighted by molar-refractivity contribution is -0.189. The van der Waals surface area contributed by atoms with Gasteiger partial charge in [-0.1, -0.05) is 53.2 Å². The first-order chi connectivity index (χ1) is 15.3. The third-order valence-corrected chi connectivity index (χ3v) is 12.4. The van der Waals surface area contributed by atoms with E-state index in [9.17, 15) is 9.90 Å². The van der Waals surface area contributed by atoms with Crippen molar-refractivity contribution in [2.75, 3.05) is 7.11 Å². The lowest BCUT2D eigenvalue weighted by Gasteiger charge is -2.68. The number of aliphatic hydroxyl groups is 1. The molecule has 3 nitrogen and oxygen atoms in total. The molecule has 2 unspecified atom stereocenters. The van der Waals surface area contributed by atoms with E-state index in [0.29, 0.717) is 34.5 Å². The Labute approximate surface area is 202 Å². The van der Waals surface area contributed by atoms with Crippen LogP contribution in [0.5, 0.6) is 0 Å². The van der Waals surface area contributed by atoms with Gasteiger partial charge in [-0.25, -0.2) is 0 Å². The predicted molar refractivity (Wildman–Crippen MR) is 132 cm³/mol. The molecule has 4 fully saturated rings. The summed E-state index contributed by atoms with van der Waals surface area (Å²) >= 11 is 0. The van der Waals surface area contributed by atoms with Crippen LogP contribution in [0.2, 0.25) is 0 Å². The molecular formula is C30H48O3. The summed E-state index contributed by atoms with van der Waals surface area (Å²) in [4.78, 5) is 13.2. The van der Waals surface area contributed by atoms with Crippen LogP contribution in [0.1, 0.15) is 106 Å². The topological polar surface area (TPSA) is 46.5 Å². The molecule has 0 aliphatic heterocycles. The van der Waals surface area contributed by atoms with Crippen LogP contribution in [-0.4, -0.2) is 24.3 Å². The molecule has 0 radical (unpaired) electrons. The molecule has 0 bridgehead atoms. The van der Waals surface area contributed by atoms with Crippen molar-refractivity contribution in [1.29, 1.82) is 0 Å². The molecule has 0 amide bonds. The SMILES string of the molecule is COC(=O)[C@@]12CCC3C(=CC[C@H]4[C@@]3(C)CCC3C(C)(C)[C@@H](O)CC[C@@]34C)[C@@H]1CC(C)(C)CC2. The van der Waals surface area contributed by atoms with E-state index in [0.717, 1.165) is 51.4 Å². The summed E-state index contributed by atoms with van der Waals surface area (Å²) in [7, 11) is 1.59. The van der Waals surface area contributed by atoms with Gasteiger partial charge in [-0.15, -0.1) is 0 Å². The minimum Gasteiger partial charge on any atom is -0.469 e. The molecule has 5 aliphatic carbocycles. The van der Waals surface area contributed by atoms with Gasteiger partial charge in [0.2, 0.25) is 0 Å². The molecule has 0 aromatic heterocycles. The van der Waals surface area contributed by atoms with Gasteiger partial charge < -0.3 is 9.84 Å². The molecule has 0 spiro atoms. The monoisotopic (exact) mass is 456 g/mol. The maximum Gasteiger partial charge on any atom is 0.312 e. The largest absolute Gasteiger partial charge is 0.469 e. The minimum atomic E-state index is -0.298. The molecular weight excluding hydrogens is 408 g/mol. The number of hydrogen-bond donors (Lipinski definition) is 1. The van der Waals surface area contributed by atoms with E-state index in [-0.39, 0.29) is 28.3 Å². The van der Waals surface area contributed by atoms with Gasteiger partial charge in [-0.2, -0.15) is 0 Å². The molecule has 1 N–H and O–H groups in total. The van der Waals surface area contributed by atoms with Gasteiger partial charge in [0.15, 0.2) is 0 Å². The first-order valence-corrected chi connectivity index (χ1v) is 13.8. The zero-order chi connectivity index (χ0) is 24.0. The second-order valence-corrected chi connectivity index (χ2v) is 14.6. The van der Waals surface area contributed by atoms with Crippen molar-refractivity contribution in [2.24, 2.45) is 50.7 Å². The van der Waals surface area contributed by atoms with E-state index in [4.69, 9.17) is 4.74 Å². The zero-order valence-corrected chi connectivity index (χ0v) is 22.3. The highest BCUT2D eigenvalue weighted by Gasteiger charge is 2.65. The van der Waals surface area contributed by atoms with Crippen LogP contribution in [0.15, 0.2) is 11.6 Å². The van der Waals surface area contributed by atoms with E-state index in [2.05, 4.69) is 47.6 Å². The van der Waals surface area contributed by atoms with Crippen LogP contribution in [0.4, 0.5) is 0 Å². The Kier molecular flexibility index (Phi) is 5.31. The number of ether oxygens (including phenoxy) is 1. The summed E-state index contributed by atoms with van der Waals surface area (Å²) < 4.78 is 5.46. The summed E-state index contributed by atoms with van der Waals surface area (Å²) in [6, 6.07) is 0. The van der Waals surface area contributed by atoms with Crippen molar-refractivity contribution < 1.29 is 14.6 Å². The Bertz CT molecular complexity index is 855. The van der Waals surface area contributed by atoms with E-state index in [1.54, 1.807) is 12.7 Å². The second-order valence-electron chi connectivity index (χ2n) is 14.6. The molecule has 8 atom stereocenters. The molecule has 186 valence electrons. The maximum absolute atomic E-state index is 13.2. The first-order valence-electron chi connectivity index (χ1n) is 13.8. The second kappa shape index (κ2) is 7.34. The Balaban J connectivity index is 1.55. The van der Waals surface area contributed by atoms with Gasteiger partial charge in [-0.3, -0.25) is 4.79 Å². The van der Waals surface area contributed by atoms with Gasteiger partial charge in [0.25, 0.3) is 0 Å². The molecule has 4 saturated carbocycles. The average Bonchev–Trinajstić information content (AvgIpc) is 2.75. The fourth-order valence-electron chi connectivity index (χ4n) is 10.5.